The molecule has 2 aromatic carbocycles. The highest BCUT2D eigenvalue weighted by Crippen LogP contribution is 2.27. The zero-order valence-electron chi connectivity index (χ0n) is 7.00. The minimum absolute atomic E-state index is 0.310. The second kappa shape index (κ2) is 3.27. The molecule has 0 unspecified atom stereocenters. The fraction of sp³-hybridized carbons (Fsp3) is 0.0909. The molecule has 1 N–H and O–H groups in total. The Hall–Kier alpha value is -1.21. The summed E-state index contributed by atoms with van der Waals surface area (Å²) in [5.41, 5.74) is 1.05. The highest BCUT2D eigenvalue weighted by atomic mass is 35.5. The van der Waals surface area contributed by atoms with Gasteiger partial charge in [-0.25, -0.2) is 0 Å². The van der Waals surface area contributed by atoms with E-state index in [1.807, 2.05) is 30.3 Å². The van der Waals surface area contributed by atoms with Crippen molar-refractivity contribution in [1.29, 1.82) is 0 Å². The highest BCUT2D eigenvalue weighted by Gasteiger charge is 2.02. The van der Waals surface area contributed by atoms with Crippen molar-refractivity contribution in [2.45, 2.75) is 5.88 Å². The van der Waals surface area contributed by atoms with Crippen LogP contribution in [0.15, 0.2) is 36.4 Å². The van der Waals surface area contributed by atoms with E-state index in [1.54, 1.807) is 6.07 Å². The second-order valence-electron chi connectivity index (χ2n) is 2.92. The van der Waals surface area contributed by atoms with Gasteiger partial charge in [0.05, 0.1) is 0 Å². The van der Waals surface area contributed by atoms with Crippen LogP contribution in [0.3, 0.4) is 0 Å². The maximum Gasteiger partial charge on any atom is 0.123 e. The monoisotopic (exact) mass is 192 g/mol. The quantitative estimate of drug-likeness (QED) is 0.688. The highest BCUT2D eigenvalue weighted by molar-refractivity contribution is 6.18. The first kappa shape index (κ1) is 8.39. The zero-order chi connectivity index (χ0) is 9.26. The van der Waals surface area contributed by atoms with Crippen LogP contribution in [-0.2, 0) is 5.88 Å². The molecule has 2 rings (SSSR count). The Labute approximate surface area is 81.6 Å². The standard InChI is InChI=1S/C11H9ClO/c12-7-8-5-6-11(13)10-4-2-1-3-9(8)10/h1-6,13H,7H2. The number of rotatable bonds is 1. The van der Waals surface area contributed by atoms with E-state index >= 15 is 0 Å². The summed E-state index contributed by atoms with van der Waals surface area (Å²) in [6.45, 7) is 0. The van der Waals surface area contributed by atoms with Crippen molar-refractivity contribution >= 4 is 22.4 Å². The van der Waals surface area contributed by atoms with Gasteiger partial charge >= 0.3 is 0 Å². The molecule has 0 radical (unpaired) electrons. The molecule has 0 saturated heterocycles. The van der Waals surface area contributed by atoms with E-state index in [0.29, 0.717) is 11.6 Å². The van der Waals surface area contributed by atoms with E-state index in [2.05, 4.69) is 0 Å². The van der Waals surface area contributed by atoms with Crippen molar-refractivity contribution in [2.75, 3.05) is 0 Å². The lowest BCUT2D eigenvalue weighted by Crippen LogP contribution is -1.81. The van der Waals surface area contributed by atoms with Crippen LogP contribution in [0.25, 0.3) is 10.8 Å². The Morgan fingerprint density at radius 1 is 1.00 bits per heavy atom. The van der Waals surface area contributed by atoms with Gasteiger partial charge in [0.1, 0.15) is 5.75 Å². The topological polar surface area (TPSA) is 20.2 Å². The smallest absolute Gasteiger partial charge is 0.123 e. The van der Waals surface area contributed by atoms with Crippen LogP contribution >= 0.6 is 11.6 Å². The van der Waals surface area contributed by atoms with Gasteiger partial charge < -0.3 is 5.11 Å². The maximum absolute atomic E-state index is 9.55. The average molecular weight is 193 g/mol. The molecule has 0 atom stereocenters. The third kappa shape index (κ3) is 1.36. The molecule has 2 heteroatoms. The molecule has 0 aliphatic rings. The van der Waals surface area contributed by atoms with Gasteiger partial charge in [-0.1, -0.05) is 30.3 Å². The molecule has 2 aromatic rings. The number of alkyl halides is 1. The Balaban J connectivity index is 2.84. The molecular weight excluding hydrogens is 184 g/mol. The summed E-state index contributed by atoms with van der Waals surface area (Å²) in [6.07, 6.45) is 0. The van der Waals surface area contributed by atoms with Crippen LogP contribution in [0.2, 0.25) is 0 Å². The van der Waals surface area contributed by atoms with E-state index < -0.39 is 0 Å². The van der Waals surface area contributed by atoms with Crippen LogP contribution in [0.5, 0.6) is 5.75 Å². The summed E-state index contributed by atoms with van der Waals surface area (Å²) in [5, 5.41) is 11.4. The minimum atomic E-state index is 0.310. The number of phenols is 1. The Morgan fingerprint density at radius 2 is 1.69 bits per heavy atom. The van der Waals surface area contributed by atoms with Crippen molar-refractivity contribution in [3.63, 3.8) is 0 Å². The van der Waals surface area contributed by atoms with Crippen LogP contribution in [0.4, 0.5) is 0 Å². The largest absolute Gasteiger partial charge is 0.507 e. The number of benzene rings is 2. The predicted molar refractivity (Wildman–Crippen MR) is 55.2 cm³/mol. The van der Waals surface area contributed by atoms with E-state index in [4.69, 9.17) is 11.6 Å². The molecule has 0 fully saturated rings. The first-order chi connectivity index (χ1) is 6.33. The van der Waals surface area contributed by atoms with Gasteiger partial charge in [0.2, 0.25) is 0 Å². The molecule has 0 spiro atoms. The summed E-state index contributed by atoms with van der Waals surface area (Å²) in [6, 6.07) is 11.2. The van der Waals surface area contributed by atoms with Crippen molar-refractivity contribution < 1.29 is 5.11 Å². The lowest BCUT2D eigenvalue weighted by Gasteiger charge is -2.04. The van der Waals surface area contributed by atoms with E-state index in [9.17, 15) is 5.11 Å². The van der Waals surface area contributed by atoms with Crippen LogP contribution in [0.1, 0.15) is 5.56 Å². The molecule has 0 amide bonds. The van der Waals surface area contributed by atoms with Gasteiger partial charge in [-0.15, -0.1) is 11.6 Å². The van der Waals surface area contributed by atoms with Crippen molar-refractivity contribution in [3.8, 4) is 5.75 Å². The second-order valence-corrected chi connectivity index (χ2v) is 3.19. The maximum atomic E-state index is 9.55. The molecule has 13 heavy (non-hydrogen) atoms. The number of hydrogen-bond donors (Lipinski definition) is 1. The first-order valence-corrected chi connectivity index (χ1v) is 4.62. The summed E-state index contributed by atoms with van der Waals surface area (Å²) in [7, 11) is 0. The fourth-order valence-electron chi connectivity index (χ4n) is 1.46. The van der Waals surface area contributed by atoms with E-state index in [1.165, 1.54) is 0 Å². The summed E-state index contributed by atoms with van der Waals surface area (Å²) < 4.78 is 0. The summed E-state index contributed by atoms with van der Waals surface area (Å²) in [5.74, 6) is 0.783. The molecule has 0 heterocycles. The zero-order valence-corrected chi connectivity index (χ0v) is 7.75. The Morgan fingerprint density at radius 3 is 2.38 bits per heavy atom. The SMILES string of the molecule is Oc1ccc(CCl)c2ccccc12. The number of hydrogen-bond acceptors (Lipinski definition) is 1. The molecule has 0 aliphatic carbocycles. The van der Waals surface area contributed by atoms with Crippen molar-refractivity contribution in [3.05, 3.63) is 42.0 Å². The van der Waals surface area contributed by atoms with Gasteiger partial charge in [-0.05, 0) is 17.0 Å². The molecule has 0 aliphatic heterocycles. The number of halogens is 1. The van der Waals surface area contributed by atoms with Crippen molar-refractivity contribution in [2.24, 2.45) is 0 Å². The average Bonchev–Trinajstić information content (AvgIpc) is 2.19. The molecule has 66 valence electrons. The summed E-state index contributed by atoms with van der Waals surface area (Å²) in [4.78, 5) is 0. The van der Waals surface area contributed by atoms with Crippen LogP contribution in [0, 0.1) is 0 Å². The normalized spacial score (nSPS) is 10.5. The third-order valence-corrected chi connectivity index (χ3v) is 2.42. The lowest BCUT2D eigenvalue weighted by molar-refractivity contribution is 0.481. The fourth-order valence-corrected chi connectivity index (χ4v) is 1.70. The molecule has 0 aromatic heterocycles. The van der Waals surface area contributed by atoms with Gasteiger partial charge in [0, 0.05) is 11.3 Å². The van der Waals surface area contributed by atoms with Gasteiger partial charge in [0.15, 0.2) is 0 Å². The summed E-state index contributed by atoms with van der Waals surface area (Å²) >= 11 is 5.78. The third-order valence-electron chi connectivity index (χ3n) is 2.14. The Bertz CT molecular complexity index is 437. The van der Waals surface area contributed by atoms with E-state index in [-0.39, 0.29) is 0 Å². The van der Waals surface area contributed by atoms with Crippen LogP contribution < -0.4 is 0 Å². The predicted octanol–water partition coefficient (Wildman–Crippen LogP) is 3.28. The Kier molecular flexibility index (Phi) is 2.11. The van der Waals surface area contributed by atoms with Gasteiger partial charge in [-0.3, -0.25) is 0 Å². The van der Waals surface area contributed by atoms with Gasteiger partial charge in [-0.2, -0.15) is 0 Å². The molecule has 0 bridgehead atoms. The van der Waals surface area contributed by atoms with Gasteiger partial charge in [0.25, 0.3) is 0 Å². The van der Waals surface area contributed by atoms with E-state index in [0.717, 1.165) is 16.3 Å². The number of aromatic hydroxyl groups is 1. The minimum Gasteiger partial charge on any atom is -0.507 e. The molecule has 0 saturated carbocycles. The van der Waals surface area contributed by atoms with Crippen LogP contribution in [-0.4, -0.2) is 5.11 Å². The van der Waals surface area contributed by atoms with Crippen molar-refractivity contribution in [1.82, 2.24) is 0 Å². The number of phenolic OH excluding ortho intramolecular Hbond substituents is 1. The number of fused-ring (bicyclic) bond motifs is 1. The first-order valence-electron chi connectivity index (χ1n) is 4.08. The molecule has 1 nitrogen and oxygen atoms in total. The lowest BCUT2D eigenvalue weighted by atomic mass is 10.1. The molecular formula is C11H9ClO.